The van der Waals surface area contributed by atoms with E-state index in [9.17, 15) is 0 Å². The fraction of sp³-hybridized carbons (Fsp3) is 0.474. The van der Waals surface area contributed by atoms with Crippen molar-refractivity contribution in [3.63, 3.8) is 0 Å². The second kappa shape index (κ2) is 6.83. The Morgan fingerprint density at radius 3 is 2.62 bits per heavy atom. The maximum atomic E-state index is 3.81. The summed E-state index contributed by atoms with van der Waals surface area (Å²) >= 11 is 3.66. The van der Waals surface area contributed by atoms with Crippen LogP contribution in [0.4, 0.5) is 5.69 Å². The fourth-order valence-electron chi connectivity index (χ4n) is 3.54. The van der Waals surface area contributed by atoms with Crippen molar-refractivity contribution >= 4 is 32.4 Å². The molecule has 0 spiro atoms. The summed E-state index contributed by atoms with van der Waals surface area (Å²) in [6.45, 7) is 2.33. The lowest BCUT2D eigenvalue weighted by atomic mass is 9.97. The highest BCUT2D eigenvalue weighted by Crippen LogP contribution is 2.32. The van der Waals surface area contributed by atoms with Gasteiger partial charge in [0, 0.05) is 21.6 Å². The molecule has 0 heterocycles. The number of hydrogen-bond donors (Lipinski definition) is 1. The predicted octanol–water partition coefficient (Wildman–Crippen LogP) is 6.37. The maximum Gasteiger partial charge on any atom is 0.0422 e. The van der Waals surface area contributed by atoms with E-state index in [1.54, 1.807) is 0 Å². The molecule has 112 valence electrons. The quantitative estimate of drug-likeness (QED) is 0.637. The van der Waals surface area contributed by atoms with E-state index in [2.05, 4.69) is 64.6 Å². The van der Waals surface area contributed by atoms with Crippen molar-refractivity contribution in [2.24, 2.45) is 5.92 Å². The molecule has 0 aliphatic heterocycles. The van der Waals surface area contributed by atoms with Gasteiger partial charge in [0.2, 0.25) is 0 Å². The average molecular weight is 346 g/mol. The molecule has 21 heavy (non-hydrogen) atoms. The second-order valence-corrected chi connectivity index (χ2v) is 7.12. The Hall–Kier alpha value is -1.02. The lowest BCUT2D eigenvalue weighted by molar-refractivity contribution is 0.445. The first-order chi connectivity index (χ1) is 10.3. The average Bonchev–Trinajstić information content (AvgIpc) is 2.75. The molecule has 1 saturated carbocycles. The second-order valence-electron chi connectivity index (χ2n) is 6.26. The van der Waals surface area contributed by atoms with E-state index in [0.29, 0.717) is 6.04 Å². The summed E-state index contributed by atoms with van der Waals surface area (Å²) in [5, 5.41) is 6.43. The summed E-state index contributed by atoms with van der Waals surface area (Å²) in [5.74, 6) is 0.943. The van der Waals surface area contributed by atoms with Gasteiger partial charge in [-0.1, -0.05) is 66.4 Å². The van der Waals surface area contributed by atoms with Crippen molar-refractivity contribution in [2.45, 2.75) is 51.5 Å². The maximum absolute atomic E-state index is 3.81. The van der Waals surface area contributed by atoms with Crippen molar-refractivity contribution in [2.75, 3.05) is 5.32 Å². The van der Waals surface area contributed by atoms with Crippen molar-refractivity contribution in [3.05, 3.63) is 40.9 Å². The summed E-state index contributed by atoms with van der Waals surface area (Å²) in [5.41, 5.74) is 1.29. The van der Waals surface area contributed by atoms with Crippen LogP contribution in [-0.4, -0.2) is 6.04 Å². The van der Waals surface area contributed by atoms with Crippen LogP contribution in [-0.2, 0) is 0 Å². The number of halogens is 1. The molecule has 2 unspecified atom stereocenters. The minimum atomic E-state index is 0.631. The molecule has 0 bridgehead atoms. The van der Waals surface area contributed by atoms with Crippen LogP contribution in [0.2, 0.25) is 0 Å². The minimum Gasteiger partial charge on any atom is -0.382 e. The van der Waals surface area contributed by atoms with Gasteiger partial charge in [-0.3, -0.25) is 0 Å². The van der Waals surface area contributed by atoms with Crippen LogP contribution >= 0.6 is 15.9 Å². The van der Waals surface area contributed by atoms with E-state index in [-0.39, 0.29) is 0 Å². The molecule has 1 N–H and O–H groups in total. The van der Waals surface area contributed by atoms with E-state index in [4.69, 9.17) is 0 Å². The lowest BCUT2D eigenvalue weighted by Gasteiger charge is -2.20. The van der Waals surface area contributed by atoms with Gasteiger partial charge in [-0.05, 0) is 42.7 Å². The molecule has 0 saturated heterocycles. The highest BCUT2D eigenvalue weighted by atomic mass is 79.9. The van der Waals surface area contributed by atoms with Crippen LogP contribution in [0.1, 0.15) is 45.4 Å². The molecular formula is C19H24BrN. The van der Waals surface area contributed by atoms with Gasteiger partial charge in [0.05, 0.1) is 0 Å². The van der Waals surface area contributed by atoms with Gasteiger partial charge in [0.1, 0.15) is 0 Å². The third-order valence-corrected chi connectivity index (χ3v) is 5.59. The number of hydrogen-bond acceptors (Lipinski definition) is 1. The molecule has 2 atom stereocenters. The Balaban J connectivity index is 1.80. The van der Waals surface area contributed by atoms with Crippen LogP contribution < -0.4 is 5.32 Å². The third kappa shape index (κ3) is 3.42. The molecule has 0 amide bonds. The molecular weight excluding hydrogens is 322 g/mol. The van der Waals surface area contributed by atoms with Crippen molar-refractivity contribution in [1.29, 1.82) is 0 Å². The van der Waals surface area contributed by atoms with Gasteiger partial charge in [-0.2, -0.15) is 0 Å². The largest absolute Gasteiger partial charge is 0.382 e. The van der Waals surface area contributed by atoms with Gasteiger partial charge >= 0.3 is 0 Å². The summed E-state index contributed by atoms with van der Waals surface area (Å²) < 4.78 is 1.18. The smallest absolute Gasteiger partial charge is 0.0422 e. The molecule has 2 aromatic rings. The highest BCUT2D eigenvalue weighted by molar-refractivity contribution is 9.10. The first-order valence-corrected chi connectivity index (χ1v) is 9.01. The van der Waals surface area contributed by atoms with Gasteiger partial charge in [-0.15, -0.1) is 0 Å². The fourth-order valence-corrected chi connectivity index (χ4v) is 4.02. The number of rotatable bonds is 3. The van der Waals surface area contributed by atoms with Gasteiger partial charge in [0.25, 0.3) is 0 Å². The van der Waals surface area contributed by atoms with E-state index in [1.807, 2.05) is 0 Å². The van der Waals surface area contributed by atoms with E-state index in [1.165, 1.54) is 59.5 Å². The molecule has 1 fully saturated rings. The van der Waals surface area contributed by atoms with E-state index in [0.717, 1.165) is 5.92 Å². The number of nitrogens with one attached hydrogen (secondary N) is 1. The van der Waals surface area contributed by atoms with Crippen LogP contribution in [0.5, 0.6) is 0 Å². The highest BCUT2D eigenvalue weighted by Gasteiger charge is 2.18. The normalized spacial score (nSPS) is 23.0. The zero-order chi connectivity index (χ0) is 14.7. The number of fused-ring (bicyclic) bond motifs is 1. The first kappa shape index (κ1) is 14.9. The molecule has 2 heteroatoms. The molecule has 3 rings (SSSR count). The van der Waals surface area contributed by atoms with E-state index >= 15 is 0 Å². The summed E-state index contributed by atoms with van der Waals surface area (Å²) in [4.78, 5) is 0. The predicted molar refractivity (Wildman–Crippen MR) is 95.9 cm³/mol. The standard InChI is InChI=1S/C19H24BrN/c1-2-14-6-5-7-15(11-10-14)21-19-13-12-18(20)16-8-3-4-9-17(16)19/h3-4,8-9,12-15,21H,2,5-7,10-11H2,1H3. The first-order valence-electron chi connectivity index (χ1n) is 8.21. The summed E-state index contributed by atoms with van der Waals surface area (Å²) in [6.07, 6.45) is 8.11. The zero-order valence-electron chi connectivity index (χ0n) is 12.7. The van der Waals surface area contributed by atoms with Crippen molar-refractivity contribution in [1.82, 2.24) is 0 Å². The van der Waals surface area contributed by atoms with Crippen LogP contribution in [0.25, 0.3) is 10.8 Å². The molecule has 1 aliphatic carbocycles. The minimum absolute atomic E-state index is 0.631. The molecule has 1 nitrogen and oxygen atoms in total. The van der Waals surface area contributed by atoms with Crippen LogP contribution in [0.3, 0.4) is 0 Å². The monoisotopic (exact) mass is 345 g/mol. The van der Waals surface area contributed by atoms with E-state index < -0.39 is 0 Å². The topological polar surface area (TPSA) is 12.0 Å². The zero-order valence-corrected chi connectivity index (χ0v) is 14.3. The number of anilines is 1. The molecule has 0 aromatic heterocycles. The summed E-state index contributed by atoms with van der Waals surface area (Å²) in [7, 11) is 0. The molecule has 0 radical (unpaired) electrons. The Morgan fingerprint density at radius 2 is 1.81 bits per heavy atom. The Kier molecular flexibility index (Phi) is 4.84. The van der Waals surface area contributed by atoms with Crippen LogP contribution in [0, 0.1) is 5.92 Å². The summed E-state index contributed by atoms with van der Waals surface area (Å²) in [6, 6.07) is 13.6. The number of benzene rings is 2. The van der Waals surface area contributed by atoms with Crippen molar-refractivity contribution in [3.8, 4) is 0 Å². The Morgan fingerprint density at radius 1 is 1.00 bits per heavy atom. The Labute approximate surface area is 136 Å². The molecule has 2 aromatic carbocycles. The van der Waals surface area contributed by atoms with Crippen molar-refractivity contribution < 1.29 is 0 Å². The third-order valence-electron chi connectivity index (χ3n) is 4.90. The SMILES string of the molecule is CCC1CCCC(Nc2ccc(Br)c3ccccc23)CC1. The van der Waals surface area contributed by atoms with Gasteiger partial charge in [0.15, 0.2) is 0 Å². The van der Waals surface area contributed by atoms with Gasteiger partial charge < -0.3 is 5.32 Å². The Bertz CT molecular complexity index is 608. The van der Waals surface area contributed by atoms with Crippen LogP contribution in [0.15, 0.2) is 40.9 Å². The molecule has 1 aliphatic rings. The van der Waals surface area contributed by atoms with Gasteiger partial charge in [-0.25, -0.2) is 0 Å². The lowest BCUT2D eigenvalue weighted by Crippen LogP contribution is -2.18.